The van der Waals surface area contributed by atoms with Gasteiger partial charge in [-0.3, -0.25) is 4.98 Å². The summed E-state index contributed by atoms with van der Waals surface area (Å²) in [6, 6.07) is 6.60. The number of nitrogens with one attached hydrogen (secondary N) is 1. The van der Waals surface area contributed by atoms with Gasteiger partial charge in [-0.05, 0) is 31.5 Å². The first kappa shape index (κ1) is 15.1. The quantitative estimate of drug-likeness (QED) is 0.785. The van der Waals surface area contributed by atoms with Crippen LogP contribution >= 0.6 is 0 Å². The molecule has 0 aromatic carbocycles. The van der Waals surface area contributed by atoms with Crippen molar-refractivity contribution in [3.63, 3.8) is 0 Å². The maximum Gasteiger partial charge on any atom is 0.0541 e. The van der Waals surface area contributed by atoms with Gasteiger partial charge in [-0.1, -0.05) is 26.8 Å². The molecule has 3 heteroatoms. The van der Waals surface area contributed by atoms with Crippen molar-refractivity contribution < 1.29 is 0 Å². The molecule has 0 saturated heterocycles. The molecule has 3 nitrogen and oxygen atoms in total. The molecule has 0 aliphatic carbocycles. The summed E-state index contributed by atoms with van der Waals surface area (Å²) in [6.45, 7) is 12.1. The van der Waals surface area contributed by atoms with Crippen LogP contribution in [0, 0.1) is 5.41 Å². The van der Waals surface area contributed by atoms with E-state index in [9.17, 15) is 0 Å². The molecular formula is C15H27N3. The van der Waals surface area contributed by atoms with Crippen molar-refractivity contribution in [3.8, 4) is 0 Å². The Kier molecular flexibility index (Phi) is 5.76. The van der Waals surface area contributed by atoms with E-state index in [0.717, 1.165) is 25.3 Å². The fourth-order valence-electron chi connectivity index (χ4n) is 1.83. The van der Waals surface area contributed by atoms with Crippen LogP contribution in [0.15, 0.2) is 24.4 Å². The van der Waals surface area contributed by atoms with Gasteiger partial charge in [-0.2, -0.15) is 0 Å². The van der Waals surface area contributed by atoms with Crippen LogP contribution in [0.3, 0.4) is 0 Å². The minimum Gasteiger partial charge on any atom is -0.310 e. The highest BCUT2D eigenvalue weighted by atomic mass is 15.1. The van der Waals surface area contributed by atoms with E-state index in [2.05, 4.69) is 56.0 Å². The van der Waals surface area contributed by atoms with Crippen molar-refractivity contribution in [2.75, 3.05) is 20.1 Å². The molecule has 1 aromatic heterocycles. The summed E-state index contributed by atoms with van der Waals surface area (Å²) in [5.41, 5.74) is 1.43. The van der Waals surface area contributed by atoms with E-state index in [1.807, 2.05) is 18.3 Å². The molecule has 1 N–H and O–H groups in total. The topological polar surface area (TPSA) is 28.2 Å². The second-order valence-electron chi connectivity index (χ2n) is 6.02. The van der Waals surface area contributed by atoms with Crippen molar-refractivity contribution in [2.45, 2.75) is 40.3 Å². The second-order valence-corrected chi connectivity index (χ2v) is 6.02. The molecule has 0 saturated carbocycles. The van der Waals surface area contributed by atoms with Crippen LogP contribution in [0.5, 0.6) is 0 Å². The lowest BCUT2D eigenvalue weighted by molar-refractivity contribution is 0.142. The fourth-order valence-corrected chi connectivity index (χ4v) is 1.83. The van der Waals surface area contributed by atoms with E-state index >= 15 is 0 Å². The lowest BCUT2D eigenvalue weighted by atomic mass is 9.87. The summed E-state index contributed by atoms with van der Waals surface area (Å²) in [4.78, 5) is 6.70. The summed E-state index contributed by atoms with van der Waals surface area (Å²) in [7, 11) is 2.19. The summed E-state index contributed by atoms with van der Waals surface area (Å²) < 4.78 is 0. The van der Waals surface area contributed by atoms with Crippen LogP contribution < -0.4 is 5.32 Å². The molecule has 102 valence electrons. The Morgan fingerprint density at radius 2 is 2.06 bits per heavy atom. The van der Waals surface area contributed by atoms with Gasteiger partial charge in [0.15, 0.2) is 0 Å². The van der Waals surface area contributed by atoms with Crippen molar-refractivity contribution >= 4 is 0 Å². The predicted molar refractivity (Wildman–Crippen MR) is 77.5 cm³/mol. The maximum atomic E-state index is 4.29. The number of aromatic nitrogens is 1. The lowest BCUT2D eigenvalue weighted by Gasteiger charge is -2.35. The number of pyridine rings is 1. The normalized spacial score (nSPS) is 13.9. The SMILES string of the molecule is CC(N(C)CCNCc1ccccn1)C(C)(C)C. The molecule has 1 rings (SSSR count). The third-order valence-corrected chi connectivity index (χ3v) is 3.59. The third-order valence-electron chi connectivity index (χ3n) is 3.59. The molecule has 1 heterocycles. The average Bonchev–Trinajstić information content (AvgIpc) is 2.33. The molecule has 1 aromatic rings. The minimum atomic E-state index is 0.329. The summed E-state index contributed by atoms with van der Waals surface area (Å²) >= 11 is 0. The van der Waals surface area contributed by atoms with E-state index < -0.39 is 0 Å². The van der Waals surface area contributed by atoms with E-state index in [-0.39, 0.29) is 0 Å². The smallest absolute Gasteiger partial charge is 0.0541 e. The molecule has 0 aliphatic heterocycles. The van der Waals surface area contributed by atoms with Crippen LogP contribution in [-0.2, 0) is 6.54 Å². The number of hydrogen-bond acceptors (Lipinski definition) is 3. The highest BCUT2D eigenvalue weighted by molar-refractivity contribution is 5.02. The summed E-state index contributed by atoms with van der Waals surface area (Å²) in [5.74, 6) is 0. The number of nitrogens with zero attached hydrogens (tertiary/aromatic N) is 2. The van der Waals surface area contributed by atoms with E-state index in [0.29, 0.717) is 11.5 Å². The van der Waals surface area contributed by atoms with Gasteiger partial charge in [-0.15, -0.1) is 0 Å². The fraction of sp³-hybridized carbons (Fsp3) is 0.667. The zero-order valence-corrected chi connectivity index (χ0v) is 12.4. The first-order valence-corrected chi connectivity index (χ1v) is 6.72. The molecule has 0 amide bonds. The second kappa shape index (κ2) is 6.86. The van der Waals surface area contributed by atoms with E-state index in [4.69, 9.17) is 0 Å². The van der Waals surface area contributed by atoms with Gasteiger partial charge in [-0.25, -0.2) is 0 Å². The Labute approximate surface area is 112 Å². The van der Waals surface area contributed by atoms with Gasteiger partial charge in [0, 0.05) is 31.9 Å². The zero-order valence-electron chi connectivity index (χ0n) is 12.4. The molecule has 1 atom stereocenters. The van der Waals surface area contributed by atoms with Crippen LogP contribution in [0.2, 0.25) is 0 Å². The maximum absolute atomic E-state index is 4.29. The lowest BCUT2D eigenvalue weighted by Crippen LogP contribution is -2.42. The van der Waals surface area contributed by atoms with Crippen molar-refractivity contribution in [2.24, 2.45) is 5.41 Å². The Balaban J connectivity index is 2.22. The van der Waals surface area contributed by atoms with Crippen molar-refractivity contribution in [1.82, 2.24) is 15.2 Å². The Hall–Kier alpha value is -0.930. The van der Waals surface area contributed by atoms with Gasteiger partial charge in [0.05, 0.1) is 5.69 Å². The summed E-state index contributed by atoms with van der Waals surface area (Å²) in [6.07, 6.45) is 1.84. The van der Waals surface area contributed by atoms with Crippen LogP contribution in [0.1, 0.15) is 33.4 Å². The van der Waals surface area contributed by atoms with Gasteiger partial charge in [0.2, 0.25) is 0 Å². The highest BCUT2D eigenvalue weighted by Crippen LogP contribution is 2.22. The van der Waals surface area contributed by atoms with Crippen LogP contribution in [-0.4, -0.2) is 36.1 Å². The number of hydrogen-bond donors (Lipinski definition) is 1. The molecule has 0 spiro atoms. The van der Waals surface area contributed by atoms with Crippen LogP contribution in [0.4, 0.5) is 0 Å². The monoisotopic (exact) mass is 249 g/mol. The number of likely N-dealkylation sites (N-methyl/N-ethyl adjacent to an activating group) is 1. The Morgan fingerprint density at radius 1 is 1.33 bits per heavy atom. The van der Waals surface area contributed by atoms with Gasteiger partial charge in [0.1, 0.15) is 0 Å². The van der Waals surface area contributed by atoms with Gasteiger partial charge >= 0.3 is 0 Å². The van der Waals surface area contributed by atoms with Gasteiger partial charge in [0.25, 0.3) is 0 Å². The first-order valence-electron chi connectivity index (χ1n) is 6.72. The van der Waals surface area contributed by atoms with Gasteiger partial charge < -0.3 is 10.2 Å². The number of rotatable bonds is 6. The zero-order chi connectivity index (χ0) is 13.6. The Morgan fingerprint density at radius 3 is 2.61 bits per heavy atom. The first-order chi connectivity index (χ1) is 8.41. The largest absolute Gasteiger partial charge is 0.310 e. The van der Waals surface area contributed by atoms with Crippen molar-refractivity contribution in [3.05, 3.63) is 30.1 Å². The average molecular weight is 249 g/mol. The highest BCUT2D eigenvalue weighted by Gasteiger charge is 2.23. The van der Waals surface area contributed by atoms with E-state index in [1.54, 1.807) is 0 Å². The van der Waals surface area contributed by atoms with Crippen LogP contribution in [0.25, 0.3) is 0 Å². The molecule has 0 aliphatic rings. The summed E-state index contributed by atoms with van der Waals surface area (Å²) in [5, 5.41) is 3.43. The Bertz CT molecular complexity index is 329. The minimum absolute atomic E-state index is 0.329. The standard InChI is InChI=1S/C15H27N3/c1-13(15(2,3)4)18(5)11-10-16-12-14-8-6-7-9-17-14/h6-9,13,16H,10-12H2,1-5H3. The molecule has 0 bridgehead atoms. The molecule has 0 fully saturated rings. The predicted octanol–water partition coefficient (Wildman–Crippen LogP) is 2.54. The molecular weight excluding hydrogens is 222 g/mol. The molecule has 0 radical (unpaired) electrons. The molecule has 1 unspecified atom stereocenters. The van der Waals surface area contributed by atoms with E-state index in [1.165, 1.54) is 0 Å². The van der Waals surface area contributed by atoms with Crippen molar-refractivity contribution in [1.29, 1.82) is 0 Å². The third kappa shape index (κ3) is 5.15. The molecule has 18 heavy (non-hydrogen) atoms.